The summed E-state index contributed by atoms with van der Waals surface area (Å²) >= 11 is 0. The maximum absolute atomic E-state index is 11.5. The number of nitrogens with zero attached hydrogens (tertiary/aromatic N) is 2. The molecule has 17 heavy (non-hydrogen) atoms. The number of aliphatic carboxylic acids is 1. The van der Waals surface area contributed by atoms with Gasteiger partial charge in [-0.25, -0.2) is 0 Å². The zero-order valence-electron chi connectivity index (χ0n) is 10.4. The molecule has 2 aliphatic heterocycles. The minimum absolute atomic E-state index is 0.0327. The molecule has 2 aliphatic rings. The summed E-state index contributed by atoms with van der Waals surface area (Å²) in [6.45, 7) is 6.08. The van der Waals surface area contributed by atoms with Gasteiger partial charge in [0.05, 0.1) is 5.92 Å². The van der Waals surface area contributed by atoms with Gasteiger partial charge in [-0.1, -0.05) is 6.92 Å². The largest absolute Gasteiger partial charge is 0.481 e. The number of fused-ring (bicyclic) bond motifs is 1. The molecule has 1 N–H and O–H groups in total. The van der Waals surface area contributed by atoms with Gasteiger partial charge in [0.2, 0.25) is 5.91 Å². The van der Waals surface area contributed by atoms with Crippen LogP contribution in [0.3, 0.4) is 0 Å². The van der Waals surface area contributed by atoms with Crippen LogP contribution in [0.5, 0.6) is 0 Å². The lowest BCUT2D eigenvalue weighted by Crippen LogP contribution is -2.55. The molecule has 5 nitrogen and oxygen atoms in total. The van der Waals surface area contributed by atoms with E-state index in [1.807, 2.05) is 11.8 Å². The number of carbonyl (C=O) groups is 2. The van der Waals surface area contributed by atoms with Crippen molar-refractivity contribution in [2.75, 3.05) is 19.6 Å². The number of carboxylic acid groups (broad SMARTS) is 1. The van der Waals surface area contributed by atoms with Crippen molar-refractivity contribution in [3.63, 3.8) is 0 Å². The van der Waals surface area contributed by atoms with Crippen LogP contribution in [-0.2, 0) is 9.59 Å². The van der Waals surface area contributed by atoms with Crippen molar-refractivity contribution in [3.8, 4) is 0 Å². The number of carbonyl (C=O) groups excluding carboxylic acids is 1. The molecule has 2 fully saturated rings. The Labute approximate surface area is 101 Å². The Morgan fingerprint density at radius 2 is 2.12 bits per heavy atom. The predicted octanol–water partition coefficient (Wildman–Crippen LogP) is 0.402. The molecule has 0 bridgehead atoms. The van der Waals surface area contributed by atoms with Gasteiger partial charge in [-0.2, -0.15) is 0 Å². The molecule has 0 aromatic carbocycles. The molecule has 5 heteroatoms. The van der Waals surface area contributed by atoms with Gasteiger partial charge in [-0.05, 0) is 13.3 Å². The lowest BCUT2D eigenvalue weighted by atomic mass is 10.0. The zero-order valence-corrected chi connectivity index (χ0v) is 10.4. The Bertz CT molecular complexity index is 332. The molecule has 3 atom stereocenters. The molecule has 3 unspecified atom stereocenters. The Kier molecular flexibility index (Phi) is 3.38. The summed E-state index contributed by atoms with van der Waals surface area (Å²) in [5.41, 5.74) is 0. The van der Waals surface area contributed by atoms with Gasteiger partial charge < -0.3 is 10.0 Å². The fraction of sp³-hybridized carbons (Fsp3) is 0.833. The van der Waals surface area contributed by atoms with E-state index in [0.717, 1.165) is 26.1 Å². The SMILES string of the molecule is CC(C(=O)O)C(C)N1CCN2C(=O)CCC2C1. The van der Waals surface area contributed by atoms with E-state index in [1.54, 1.807) is 6.92 Å². The van der Waals surface area contributed by atoms with E-state index < -0.39 is 5.97 Å². The molecule has 1 amide bonds. The standard InChI is InChI=1S/C12H20N2O3/c1-8(12(16)17)9(2)13-5-6-14-10(7-13)3-4-11(14)15/h8-10H,3-7H2,1-2H3,(H,16,17). The van der Waals surface area contributed by atoms with Gasteiger partial charge >= 0.3 is 5.97 Å². The molecule has 0 aliphatic carbocycles. The van der Waals surface area contributed by atoms with Gasteiger partial charge in [0.25, 0.3) is 0 Å². The van der Waals surface area contributed by atoms with Crippen molar-refractivity contribution < 1.29 is 14.7 Å². The minimum Gasteiger partial charge on any atom is -0.481 e. The number of hydrogen-bond acceptors (Lipinski definition) is 3. The van der Waals surface area contributed by atoms with Crippen molar-refractivity contribution in [1.29, 1.82) is 0 Å². The predicted molar refractivity (Wildman–Crippen MR) is 62.6 cm³/mol. The summed E-state index contributed by atoms with van der Waals surface area (Å²) in [6.07, 6.45) is 1.57. The van der Waals surface area contributed by atoms with E-state index in [2.05, 4.69) is 4.90 Å². The molecular weight excluding hydrogens is 220 g/mol. The number of carboxylic acids is 1. The summed E-state index contributed by atoms with van der Waals surface area (Å²) in [6, 6.07) is 0.338. The third-order valence-corrected chi connectivity index (χ3v) is 4.22. The molecule has 0 saturated carbocycles. The molecule has 2 heterocycles. The van der Waals surface area contributed by atoms with Crippen molar-refractivity contribution in [2.45, 2.75) is 38.8 Å². The van der Waals surface area contributed by atoms with E-state index >= 15 is 0 Å². The number of rotatable bonds is 3. The normalized spacial score (nSPS) is 28.9. The van der Waals surface area contributed by atoms with Crippen molar-refractivity contribution in [3.05, 3.63) is 0 Å². The monoisotopic (exact) mass is 240 g/mol. The van der Waals surface area contributed by atoms with Crippen molar-refractivity contribution in [2.24, 2.45) is 5.92 Å². The lowest BCUT2D eigenvalue weighted by molar-refractivity contribution is -0.144. The third-order valence-electron chi connectivity index (χ3n) is 4.22. The summed E-state index contributed by atoms with van der Waals surface area (Å²) in [7, 11) is 0. The Morgan fingerprint density at radius 3 is 2.76 bits per heavy atom. The quantitative estimate of drug-likeness (QED) is 0.776. The summed E-state index contributed by atoms with van der Waals surface area (Å²) < 4.78 is 0. The number of amides is 1. The van der Waals surface area contributed by atoms with Crippen LogP contribution in [-0.4, -0.2) is 58.5 Å². The minimum atomic E-state index is -0.748. The fourth-order valence-corrected chi connectivity index (χ4v) is 2.78. The van der Waals surface area contributed by atoms with Gasteiger partial charge in [-0.15, -0.1) is 0 Å². The number of hydrogen-bond donors (Lipinski definition) is 1. The van der Waals surface area contributed by atoms with Crippen LogP contribution < -0.4 is 0 Å². The third kappa shape index (κ3) is 2.29. The van der Waals surface area contributed by atoms with Gasteiger partial charge in [-0.3, -0.25) is 14.5 Å². The van der Waals surface area contributed by atoms with Crippen LogP contribution in [0.25, 0.3) is 0 Å². The van der Waals surface area contributed by atoms with E-state index in [4.69, 9.17) is 5.11 Å². The van der Waals surface area contributed by atoms with E-state index in [-0.39, 0.29) is 17.9 Å². The van der Waals surface area contributed by atoms with Gasteiger partial charge in [0.1, 0.15) is 0 Å². The summed E-state index contributed by atoms with van der Waals surface area (Å²) in [5.74, 6) is -0.852. The maximum atomic E-state index is 11.5. The van der Waals surface area contributed by atoms with E-state index in [9.17, 15) is 9.59 Å². The Morgan fingerprint density at radius 1 is 1.41 bits per heavy atom. The second-order valence-corrected chi connectivity index (χ2v) is 5.14. The van der Waals surface area contributed by atoms with Crippen molar-refractivity contribution >= 4 is 11.9 Å². The first-order valence-corrected chi connectivity index (χ1v) is 6.27. The average Bonchev–Trinajstić information content (AvgIpc) is 2.68. The second kappa shape index (κ2) is 4.64. The molecular formula is C12H20N2O3. The highest BCUT2D eigenvalue weighted by atomic mass is 16.4. The maximum Gasteiger partial charge on any atom is 0.307 e. The molecule has 0 radical (unpaired) electrons. The van der Waals surface area contributed by atoms with Crippen LogP contribution >= 0.6 is 0 Å². The van der Waals surface area contributed by atoms with Crippen LogP contribution in [0.4, 0.5) is 0 Å². The second-order valence-electron chi connectivity index (χ2n) is 5.14. The average molecular weight is 240 g/mol. The lowest BCUT2D eigenvalue weighted by Gasteiger charge is -2.41. The number of piperazine rings is 1. The zero-order chi connectivity index (χ0) is 12.6. The first kappa shape index (κ1) is 12.4. The summed E-state index contributed by atoms with van der Waals surface area (Å²) in [5, 5.41) is 9.02. The first-order valence-electron chi connectivity index (χ1n) is 6.27. The molecule has 0 aromatic rings. The summed E-state index contributed by atoms with van der Waals surface area (Å²) in [4.78, 5) is 26.7. The first-order chi connectivity index (χ1) is 8.00. The Balaban J connectivity index is 1.97. The van der Waals surface area contributed by atoms with Gasteiger partial charge in [0.15, 0.2) is 0 Å². The molecule has 2 rings (SSSR count). The topological polar surface area (TPSA) is 60.9 Å². The fourth-order valence-electron chi connectivity index (χ4n) is 2.78. The van der Waals surface area contributed by atoms with Crippen LogP contribution in [0.1, 0.15) is 26.7 Å². The van der Waals surface area contributed by atoms with E-state index in [1.165, 1.54) is 0 Å². The Hall–Kier alpha value is -1.10. The van der Waals surface area contributed by atoms with Gasteiger partial charge in [0, 0.05) is 38.1 Å². The van der Waals surface area contributed by atoms with Crippen LogP contribution in [0.2, 0.25) is 0 Å². The highest BCUT2D eigenvalue weighted by Gasteiger charge is 2.38. The molecule has 96 valence electrons. The molecule has 0 aromatic heterocycles. The molecule has 2 saturated heterocycles. The van der Waals surface area contributed by atoms with E-state index in [0.29, 0.717) is 12.5 Å². The molecule has 0 spiro atoms. The van der Waals surface area contributed by atoms with Crippen molar-refractivity contribution in [1.82, 2.24) is 9.80 Å². The van der Waals surface area contributed by atoms with Crippen LogP contribution in [0, 0.1) is 5.92 Å². The highest BCUT2D eigenvalue weighted by Crippen LogP contribution is 2.25. The highest BCUT2D eigenvalue weighted by molar-refractivity contribution is 5.79. The smallest absolute Gasteiger partial charge is 0.307 e. The van der Waals surface area contributed by atoms with Crippen LogP contribution in [0.15, 0.2) is 0 Å².